The molecule has 3 aromatic rings. The van der Waals surface area contributed by atoms with Gasteiger partial charge in [0.05, 0.1) is 30.3 Å². The number of nitrogens with zero attached hydrogens (tertiary/aromatic N) is 3. The highest BCUT2D eigenvalue weighted by atomic mass is 35.5. The van der Waals surface area contributed by atoms with Gasteiger partial charge in [-0.2, -0.15) is 0 Å². The Morgan fingerprint density at radius 2 is 1.65 bits per heavy atom. The first kappa shape index (κ1) is 26.9. The van der Waals surface area contributed by atoms with Crippen LogP contribution in [0.1, 0.15) is 27.4 Å². The molecule has 0 N–H and O–H groups in total. The maximum atomic E-state index is 13.7. The van der Waals surface area contributed by atoms with Gasteiger partial charge in [-0.05, 0) is 43.2 Å². The van der Waals surface area contributed by atoms with Crippen LogP contribution in [0.15, 0.2) is 71.1 Å². The lowest BCUT2D eigenvalue weighted by atomic mass is 10.1. The zero-order chi connectivity index (χ0) is 26.0. The average Bonchev–Trinajstić information content (AvgIpc) is 3.34. The Hall–Kier alpha value is -3.13. The number of hydrogen-bond donors (Lipinski definition) is 0. The lowest BCUT2D eigenvalue weighted by Crippen LogP contribution is -2.47. The predicted octanol–water partition coefficient (Wildman–Crippen LogP) is 4.29. The van der Waals surface area contributed by atoms with Crippen molar-refractivity contribution in [3.05, 3.63) is 94.4 Å². The highest BCUT2D eigenvalue weighted by Gasteiger charge is 2.25. The fourth-order valence-electron chi connectivity index (χ4n) is 4.37. The number of carbonyl (C=O) groups is 2. The molecule has 0 bridgehead atoms. The summed E-state index contributed by atoms with van der Waals surface area (Å²) >= 11 is 6.36. The molecule has 7 nitrogen and oxygen atoms in total. The summed E-state index contributed by atoms with van der Waals surface area (Å²) in [5.74, 6) is 1.14. The maximum absolute atomic E-state index is 13.7. The van der Waals surface area contributed by atoms with Crippen molar-refractivity contribution >= 4 is 23.4 Å². The number of ether oxygens (including phenoxy) is 1. The number of furan rings is 1. The van der Waals surface area contributed by atoms with Crippen molar-refractivity contribution in [1.29, 1.82) is 0 Å². The summed E-state index contributed by atoms with van der Waals surface area (Å²) in [7, 11) is 0. The Morgan fingerprint density at radius 1 is 0.919 bits per heavy atom. The van der Waals surface area contributed by atoms with Crippen molar-refractivity contribution in [2.75, 3.05) is 52.5 Å². The Morgan fingerprint density at radius 3 is 2.35 bits per heavy atom. The quantitative estimate of drug-likeness (QED) is 0.375. The Kier molecular flexibility index (Phi) is 9.77. The van der Waals surface area contributed by atoms with E-state index in [0.29, 0.717) is 56.4 Å². The van der Waals surface area contributed by atoms with Crippen molar-refractivity contribution in [2.45, 2.75) is 19.9 Å². The maximum Gasteiger partial charge on any atom is 0.255 e. The van der Waals surface area contributed by atoms with Crippen LogP contribution >= 0.6 is 11.6 Å². The van der Waals surface area contributed by atoms with E-state index in [1.807, 2.05) is 37.3 Å². The van der Waals surface area contributed by atoms with Gasteiger partial charge < -0.3 is 19.0 Å². The fraction of sp³-hybridized carbons (Fsp3) is 0.379. The first-order valence-electron chi connectivity index (χ1n) is 12.7. The van der Waals surface area contributed by atoms with Gasteiger partial charge in [-0.25, -0.2) is 0 Å². The van der Waals surface area contributed by atoms with E-state index in [-0.39, 0.29) is 18.4 Å². The largest absolute Gasteiger partial charge is 0.464 e. The SMILES string of the molecule is Cc1ccc(CN(CCc2ccccc2)C(=O)CN(CCN2CCOCC2)C(=O)c2ccccc2Cl)o1. The monoisotopic (exact) mass is 523 g/mol. The molecule has 2 aromatic carbocycles. The van der Waals surface area contributed by atoms with E-state index >= 15 is 0 Å². The van der Waals surface area contributed by atoms with E-state index in [2.05, 4.69) is 17.0 Å². The van der Waals surface area contributed by atoms with Gasteiger partial charge in [-0.1, -0.05) is 54.1 Å². The molecule has 0 saturated carbocycles. The molecule has 8 heteroatoms. The van der Waals surface area contributed by atoms with Gasteiger partial charge >= 0.3 is 0 Å². The van der Waals surface area contributed by atoms with E-state index in [9.17, 15) is 9.59 Å². The second-order valence-electron chi connectivity index (χ2n) is 9.22. The number of halogens is 1. The normalized spacial score (nSPS) is 13.9. The average molecular weight is 524 g/mol. The van der Waals surface area contributed by atoms with Gasteiger partial charge in [-0.15, -0.1) is 0 Å². The molecule has 0 atom stereocenters. The molecule has 37 heavy (non-hydrogen) atoms. The summed E-state index contributed by atoms with van der Waals surface area (Å²) in [6.07, 6.45) is 0.707. The molecule has 0 unspecified atom stereocenters. The second-order valence-corrected chi connectivity index (χ2v) is 9.63. The summed E-state index contributed by atoms with van der Waals surface area (Å²) in [6, 6.07) is 20.8. The van der Waals surface area contributed by atoms with Crippen LogP contribution in [0.4, 0.5) is 0 Å². The fourth-order valence-corrected chi connectivity index (χ4v) is 4.58. The lowest BCUT2D eigenvalue weighted by Gasteiger charge is -2.31. The highest BCUT2D eigenvalue weighted by molar-refractivity contribution is 6.33. The third-order valence-corrected chi connectivity index (χ3v) is 6.85. The summed E-state index contributed by atoms with van der Waals surface area (Å²) in [5.41, 5.74) is 1.55. The van der Waals surface area contributed by atoms with Gasteiger partial charge in [0.25, 0.3) is 5.91 Å². The van der Waals surface area contributed by atoms with Gasteiger partial charge in [0, 0.05) is 32.7 Å². The van der Waals surface area contributed by atoms with Crippen molar-refractivity contribution in [3.63, 3.8) is 0 Å². The molecule has 0 radical (unpaired) electrons. The van der Waals surface area contributed by atoms with Crippen LogP contribution in [-0.4, -0.2) is 79.0 Å². The third kappa shape index (κ3) is 7.92. The van der Waals surface area contributed by atoms with E-state index in [0.717, 1.165) is 30.2 Å². The first-order valence-corrected chi connectivity index (χ1v) is 13.1. The van der Waals surface area contributed by atoms with Gasteiger partial charge in [0.2, 0.25) is 5.91 Å². The lowest BCUT2D eigenvalue weighted by molar-refractivity contribution is -0.132. The number of rotatable bonds is 11. The highest BCUT2D eigenvalue weighted by Crippen LogP contribution is 2.18. The van der Waals surface area contributed by atoms with Gasteiger partial charge in [-0.3, -0.25) is 14.5 Å². The minimum absolute atomic E-state index is 0.0388. The number of carbonyl (C=O) groups excluding carboxylic acids is 2. The standard InChI is InChI=1S/C29H34ClN3O4/c1-23-11-12-25(37-23)21-32(14-13-24-7-3-2-4-8-24)28(34)22-33(16-15-31-17-19-36-20-18-31)29(35)26-9-5-6-10-27(26)30/h2-12H,13-22H2,1H3. The zero-order valence-electron chi connectivity index (χ0n) is 21.3. The minimum atomic E-state index is -0.246. The molecule has 196 valence electrons. The first-order chi connectivity index (χ1) is 18.0. The molecule has 2 heterocycles. The van der Waals surface area contributed by atoms with Crippen LogP contribution in [0, 0.1) is 6.92 Å². The van der Waals surface area contributed by atoms with E-state index in [1.165, 1.54) is 0 Å². The molecule has 2 amide bonds. The van der Waals surface area contributed by atoms with Crippen LogP contribution in [-0.2, 0) is 22.5 Å². The molecule has 1 aromatic heterocycles. The molecule has 0 spiro atoms. The molecule has 1 saturated heterocycles. The number of amides is 2. The van der Waals surface area contributed by atoms with E-state index in [1.54, 1.807) is 34.1 Å². The van der Waals surface area contributed by atoms with Crippen LogP contribution in [0.3, 0.4) is 0 Å². The third-order valence-electron chi connectivity index (χ3n) is 6.52. The van der Waals surface area contributed by atoms with Crippen molar-refractivity contribution in [2.24, 2.45) is 0 Å². The van der Waals surface area contributed by atoms with Crippen LogP contribution in [0.25, 0.3) is 0 Å². The summed E-state index contributed by atoms with van der Waals surface area (Å²) in [4.78, 5) is 32.9. The molecule has 0 aliphatic carbocycles. The van der Waals surface area contributed by atoms with Crippen LogP contribution < -0.4 is 0 Å². The number of morpholine rings is 1. The van der Waals surface area contributed by atoms with Crippen LogP contribution in [0.5, 0.6) is 0 Å². The van der Waals surface area contributed by atoms with Crippen molar-refractivity contribution in [1.82, 2.24) is 14.7 Å². The molecular weight excluding hydrogens is 490 g/mol. The number of benzene rings is 2. The molecule has 1 fully saturated rings. The minimum Gasteiger partial charge on any atom is -0.464 e. The summed E-state index contributed by atoms with van der Waals surface area (Å²) in [5, 5.41) is 0.378. The summed E-state index contributed by atoms with van der Waals surface area (Å²) in [6.45, 7) is 6.75. The van der Waals surface area contributed by atoms with Crippen LogP contribution in [0.2, 0.25) is 5.02 Å². The van der Waals surface area contributed by atoms with Crippen molar-refractivity contribution in [3.8, 4) is 0 Å². The molecule has 1 aliphatic heterocycles. The summed E-state index contributed by atoms with van der Waals surface area (Å²) < 4.78 is 11.2. The molecule has 4 rings (SSSR count). The Labute approximate surface area is 223 Å². The number of hydrogen-bond acceptors (Lipinski definition) is 5. The molecular formula is C29H34ClN3O4. The Balaban J connectivity index is 1.50. The number of aryl methyl sites for hydroxylation is 1. The topological polar surface area (TPSA) is 66.2 Å². The van der Waals surface area contributed by atoms with E-state index in [4.69, 9.17) is 20.8 Å². The van der Waals surface area contributed by atoms with Gasteiger partial charge in [0.1, 0.15) is 18.1 Å². The van der Waals surface area contributed by atoms with Crippen molar-refractivity contribution < 1.29 is 18.7 Å². The second kappa shape index (κ2) is 13.4. The predicted molar refractivity (Wildman–Crippen MR) is 144 cm³/mol. The Bertz CT molecular complexity index is 1160. The zero-order valence-corrected chi connectivity index (χ0v) is 22.0. The van der Waals surface area contributed by atoms with E-state index < -0.39 is 0 Å². The molecule has 1 aliphatic rings. The van der Waals surface area contributed by atoms with Gasteiger partial charge in [0.15, 0.2) is 0 Å². The smallest absolute Gasteiger partial charge is 0.255 e.